The summed E-state index contributed by atoms with van der Waals surface area (Å²) in [6.45, 7) is 5.08. The van der Waals surface area contributed by atoms with Crippen molar-refractivity contribution < 1.29 is 14.6 Å². The molecule has 0 spiro atoms. The molecule has 11 heavy (non-hydrogen) atoms. The van der Waals surface area contributed by atoms with Crippen molar-refractivity contribution in [2.75, 3.05) is 0 Å². The Balaban J connectivity index is 0. The molecule has 1 unspecified atom stereocenters. The van der Waals surface area contributed by atoms with Crippen molar-refractivity contribution in [3.8, 4) is 0 Å². The number of aliphatic hydroxyl groups excluding tert-OH is 1. The summed E-state index contributed by atoms with van der Waals surface area (Å²) in [5, 5.41) is 8.86. The van der Waals surface area contributed by atoms with E-state index in [0.717, 1.165) is 12.5 Å². The Bertz CT molecular complexity index is 125. The first-order chi connectivity index (χ1) is 4.70. The molecule has 0 amide bonds. The predicted octanol–water partition coefficient (Wildman–Crippen LogP) is 0.186. The first kappa shape index (κ1) is 13.7. The molecular weight excluding hydrogens is 155 g/mol. The second-order valence-corrected chi connectivity index (χ2v) is 1.88. The van der Waals surface area contributed by atoms with Gasteiger partial charge in [0.15, 0.2) is 0 Å². The van der Waals surface area contributed by atoms with Crippen LogP contribution in [0, 0.1) is 0 Å². The number of aliphatic hydroxyl groups is 1. The molecule has 0 aliphatic rings. The Morgan fingerprint density at radius 1 is 1.82 bits per heavy atom. The van der Waals surface area contributed by atoms with Crippen LogP contribution < -0.4 is 0 Å². The van der Waals surface area contributed by atoms with Crippen LogP contribution in [0.2, 0.25) is 0 Å². The SMILES string of the molecule is C=CC(=O)OC(O)CCC.[NaH]. The van der Waals surface area contributed by atoms with Gasteiger partial charge in [-0.3, -0.25) is 0 Å². The molecule has 0 aliphatic carbocycles. The Morgan fingerprint density at radius 3 is 2.73 bits per heavy atom. The van der Waals surface area contributed by atoms with Gasteiger partial charge in [0.25, 0.3) is 0 Å². The van der Waals surface area contributed by atoms with Gasteiger partial charge >= 0.3 is 35.5 Å². The molecular formula is C7H13NaO3. The Hall–Kier alpha value is 0.170. The summed E-state index contributed by atoms with van der Waals surface area (Å²) >= 11 is 0. The summed E-state index contributed by atoms with van der Waals surface area (Å²) in [6, 6.07) is 0. The molecule has 0 aromatic heterocycles. The molecule has 0 aromatic rings. The van der Waals surface area contributed by atoms with Gasteiger partial charge in [-0.25, -0.2) is 4.79 Å². The van der Waals surface area contributed by atoms with E-state index in [-0.39, 0.29) is 29.6 Å². The number of esters is 1. The molecule has 0 fully saturated rings. The molecule has 0 aliphatic heterocycles. The van der Waals surface area contributed by atoms with Gasteiger partial charge in [-0.2, -0.15) is 0 Å². The van der Waals surface area contributed by atoms with Gasteiger partial charge in [-0.05, 0) is 0 Å². The van der Waals surface area contributed by atoms with Crippen LogP contribution in [0.15, 0.2) is 12.7 Å². The first-order valence-corrected chi connectivity index (χ1v) is 3.21. The van der Waals surface area contributed by atoms with Gasteiger partial charge in [0.2, 0.25) is 6.29 Å². The van der Waals surface area contributed by atoms with E-state index in [9.17, 15) is 4.79 Å². The average molecular weight is 168 g/mol. The van der Waals surface area contributed by atoms with Crippen LogP contribution in [-0.2, 0) is 9.53 Å². The van der Waals surface area contributed by atoms with E-state index in [0.29, 0.717) is 6.42 Å². The average Bonchev–Trinajstić information content (AvgIpc) is 1.88. The minimum absolute atomic E-state index is 0. The van der Waals surface area contributed by atoms with Crippen LogP contribution in [0.4, 0.5) is 0 Å². The Labute approximate surface area is 88.7 Å². The number of ether oxygens (including phenoxy) is 1. The van der Waals surface area contributed by atoms with Crippen LogP contribution >= 0.6 is 0 Å². The van der Waals surface area contributed by atoms with Crippen LogP contribution in [0.25, 0.3) is 0 Å². The predicted molar refractivity (Wildman–Crippen MR) is 44.4 cm³/mol. The normalized spacial score (nSPS) is 11.1. The summed E-state index contributed by atoms with van der Waals surface area (Å²) in [4.78, 5) is 10.4. The van der Waals surface area contributed by atoms with Crippen molar-refractivity contribution in [3.05, 3.63) is 12.7 Å². The first-order valence-electron chi connectivity index (χ1n) is 3.21. The fourth-order valence-electron chi connectivity index (χ4n) is 0.488. The van der Waals surface area contributed by atoms with Gasteiger partial charge in [-0.15, -0.1) is 0 Å². The molecule has 0 rings (SSSR count). The molecule has 0 saturated heterocycles. The number of carbonyl (C=O) groups is 1. The maximum atomic E-state index is 10.4. The fraction of sp³-hybridized carbons (Fsp3) is 0.571. The summed E-state index contributed by atoms with van der Waals surface area (Å²) in [5.41, 5.74) is 0. The summed E-state index contributed by atoms with van der Waals surface area (Å²) in [7, 11) is 0. The molecule has 4 heteroatoms. The van der Waals surface area contributed by atoms with E-state index in [1.54, 1.807) is 0 Å². The van der Waals surface area contributed by atoms with E-state index in [2.05, 4.69) is 11.3 Å². The van der Waals surface area contributed by atoms with Crippen molar-refractivity contribution in [1.82, 2.24) is 0 Å². The van der Waals surface area contributed by atoms with E-state index < -0.39 is 12.3 Å². The van der Waals surface area contributed by atoms with Crippen molar-refractivity contribution in [2.45, 2.75) is 26.1 Å². The van der Waals surface area contributed by atoms with Crippen molar-refractivity contribution in [2.24, 2.45) is 0 Å². The van der Waals surface area contributed by atoms with Gasteiger partial charge in [0, 0.05) is 12.5 Å². The van der Waals surface area contributed by atoms with E-state index in [1.165, 1.54) is 0 Å². The molecule has 1 atom stereocenters. The molecule has 60 valence electrons. The topological polar surface area (TPSA) is 46.5 Å². The van der Waals surface area contributed by atoms with Crippen molar-refractivity contribution in [3.63, 3.8) is 0 Å². The van der Waals surface area contributed by atoms with Crippen molar-refractivity contribution in [1.29, 1.82) is 0 Å². The summed E-state index contributed by atoms with van der Waals surface area (Å²) in [6.07, 6.45) is 1.31. The number of hydrogen-bond donors (Lipinski definition) is 1. The second kappa shape index (κ2) is 8.27. The second-order valence-electron chi connectivity index (χ2n) is 1.88. The summed E-state index contributed by atoms with van der Waals surface area (Å²) < 4.78 is 4.44. The third kappa shape index (κ3) is 8.07. The van der Waals surface area contributed by atoms with E-state index in [1.807, 2.05) is 6.92 Å². The maximum absolute atomic E-state index is 10.4. The summed E-state index contributed by atoms with van der Waals surface area (Å²) in [5.74, 6) is -0.582. The standard InChI is InChI=1S/C7H12O3.Na.H/c1-3-5-7(9)10-6(8)4-2;;/h4,7,9H,2-3,5H2,1H3;;. The molecule has 0 bridgehead atoms. The van der Waals surface area contributed by atoms with Gasteiger partial charge in [0.1, 0.15) is 0 Å². The fourth-order valence-corrected chi connectivity index (χ4v) is 0.488. The zero-order chi connectivity index (χ0) is 7.98. The Morgan fingerprint density at radius 2 is 2.36 bits per heavy atom. The van der Waals surface area contributed by atoms with Crippen LogP contribution in [-0.4, -0.2) is 46.9 Å². The van der Waals surface area contributed by atoms with Crippen molar-refractivity contribution >= 4 is 35.5 Å². The quantitative estimate of drug-likeness (QED) is 0.282. The number of carbonyl (C=O) groups excluding carboxylic acids is 1. The number of hydrogen-bond acceptors (Lipinski definition) is 3. The molecule has 0 aromatic carbocycles. The zero-order valence-corrected chi connectivity index (χ0v) is 6.04. The third-order valence-corrected chi connectivity index (χ3v) is 0.954. The van der Waals surface area contributed by atoms with Crippen LogP contribution in [0.3, 0.4) is 0 Å². The van der Waals surface area contributed by atoms with Gasteiger partial charge in [0.05, 0.1) is 0 Å². The molecule has 0 heterocycles. The minimum atomic E-state index is -0.976. The van der Waals surface area contributed by atoms with Gasteiger partial charge in [-0.1, -0.05) is 19.9 Å². The third-order valence-electron chi connectivity index (χ3n) is 0.954. The Kier molecular flexibility index (Phi) is 10.3. The molecule has 1 N–H and O–H groups in total. The monoisotopic (exact) mass is 168 g/mol. The molecule has 3 nitrogen and oxygen atoms in total. The number of rotatable bonds is 4. The van der Waals surface area contributed by atoms with Crippen LogP contribution in [0.5, 0.6) is 0 Å². The molecule has 0 saturated carbocycles. The molecule has 0 radical (unpaired) electrons. The van der Waals surface area contributed by atoms with E-state index >= 15 is 0 Å². The van der Waals surface area contributed by atoms with E-state index in [4.69, 9.17) is 5.11 Å². The van der Waals surface area contributed by atoms with Gasteiger partial charge < -0.3 is 9.84 Å². The van der Waals surface area contributed by atoms with Crippen LogP contribution in [0.1, 0.15) is 19.8 Å². The zero-order valence-electron chi connectivity index (χ0n) is 6.04.